The number of carbonyl (C=O) groups is 2. The van der Waals surface area contributed by atoms with Crippen LogP contribution in [0, 0.1) is 17.0 Å². The molecule has 1 N–H and O–H groups in total. The Balaban J connectivity index is 1.72. The molecule has 0 heterocycles. The summed E-state index contributed by atoms with van der Waals surface area (Å²) in [5.74, 6) is -0.454. The summed E-state index contributed by atoms with van der Waals surface area (Å²) in [6.07, 6.45) is 3.80. The molecule has 0 aliphatic heterocycles. The van der Waals surface area contributed by atoms with Gasteiger partial charge in [0.15, 0.2) is 0 Å². The van der Waals surface area contributed by atoms with Gasteiger partial charge < -0.3 is 15.0 Å². The number of aryl methyl sites for hydroxylation is 1. The number of hydrogen-bond acceptors (Lipinski definition) is 7. The van der Waals surface area contributed by atoms with Gasteiger partial charge in [-0.15, -0.1) is 0 Å². The van der Waals surface area contributed by atoms with Crippen molar-refractivity contribution in [2.45, 2.75) is 63.1 Å². The fourth-order valence-electron chi connectivity index (χ4n) is 5.11. The van der Waals surface area contributed by atoms with Gasteiger partial charge in [-0.3, -0.25) is 24.0 Å². The van der Waals surface area contributed by atoms with E-state index in [-0.39, 0.29) is 34.8 Å². The maximum atomic E-state index is 14.1. The highest BCUT2D eigenvalue weighted by atomic mass is 32.2. The average Bonchev–Trinajstić information content (AvgIpc) is 3.51. The first kappa shape index (κ1) is 31.5. The molecule has 0 unspecified atom stereocenters. The van der Waals surface area contributed by atoms with Gasteiger partial charge in [0.25, 0.3) is 15.7 Å². The number of ether oxygens (including phenoxy) is 1. The molecule has 1 atom stereocenters. The lowest BCUT2D eigenvalue weighted by Crippen LogP contribution is -2.52. The van der Waals surface area contributed by atoms with E-state index in [1.807, 2.05) is 30.3 Å². The largest absolute Gasteiger partial charge is 0.497 e. The highest BCUT2D eigenvalue weighted by Gasteiger charge is 2.34. The summed E-state index contributed by atoms with van der Waals surface area (Å²) >= 11 is 0. The minimum atomic E-state index is -4.47. The molecule has 1 aliphatic carbocycles. The fourth-order valence-corrected chi connectivity index (χ4v) is 6.54. The van der Waals surface area contributed by atoms with Crippen LogP contribution in [0.4, 0.5) is 11.4 Å². The third-order valence-electron chi connectivity index (χ3n) is 7.67. The second kappa shape index (κ2) is 13.7. The summed E-state index contributed by atoms with van der Waals surface area (Å²) in [7, 11) is -3.00. The summed E-state index contributed by atoms with van der Waals surface area (Å²) in [4.78, 5) is 39.3. The molecule has 0 spiro atoms. The quantitative estimate of drug-likeness (QED) is 0.234. The Labute approximate surface area is 251 Å². The lowest BCUT2D eigenvalue weighted by atomic mass is 10.1. The van der Waals surface area contributed by atoms with Crippen LogP contribution in [0.15, 0.2) is 77.7 Å². The number of amides is 2. The molecule has 228 valence electrons. The molecule has 2 amide bonds. The number of nitrogens with zero attached hydrogens (tertiary/aromatic N) is 3. The Morgan fingerprint density at radius 3 is 2.30 bits per heavy atom. The number of nitrogens with one attached hydrogen (secondary N) is 1. The van der Waals surface area contributed by atoms with Crippen molar-refractivity contribution in [2.24, 2.45) is 0 Å². The lowest BCUT2D eigenvalue weighted by molar-refractivity contribution is -0.385. The standard InChI is InChI=1S/C31H36N4O7S/c1-22-13-18-28(19-29(22)35(38)39)43(40,41)34(26-14-16-27(42-3)17-15-26)21-30(36)33(20-24-9-5-4-6-10-24)23(2)31(37)32-25-11-7-8-12-25/h4-6,9-10,13-19,23,25H,7-8,11-12,20-21H2,1-3H3,(H,32,37)/t23-/m1/s1. The molecule has 43 heavy (non-hydrogen) atoms. The summed E-state index contributed by atoms with van der Waals surface area (Å²) in [5.41, 5.74) is 0.863. The van der Waals surface area contributed by atoms with E-state index in [1.165, 1.54) is 43.2 Å². The van der Waals surface area contributed by atoms with Crippen LogP contribution in [-0.4, -0.2) is 55.8 Å². The molecule has 0 radical (unpaired) electrons. The second-order valence-corrected chi connectivity index (χ2v) is 12.5. The number of carbonyl (C=O) groups excluding carboxylic acids is 2. The van der Waals surface area contributed by atoms with E-state index in [4.69, 9.17) is 4.74 Å². The number of nitro groups is 1. The fraction of sp³-hybridized carbons (Fsp3) is 0.355. The minimum absolute atomic E-state index is 0.0390. The van der Waals surface area contributed by atoms with Crippen LogP contribution >= 0.6 is 0 Å². The molecule has 3 aromatic carbocycles. The molecular weight excluding hydrogens is 572 g/mol. The van der Waals surface area contributed by atoms with Gasteiger partial charge in [0, 0.05) is 24.2 Å². The lowest BCUT2D eigenvalue weighted by Gasteiger charge is -2.32. The monoisotopic (exact) mass is 608 g/mol. The van der Waals surface area contributed by atoms with Gasteiger partial charge in [-0.2, -0.15) is 0 Å². The molecule has 0 saturated heterocycles. The van der Waals surface area contributed by atoms with Gasteiger partial charge in [0.1, 0.15) is 18.3 Å². The second-order valence-electron chi connectivity index (χ2n) is 10.6. The van der Waals surface area contributed by atoms with E-state index in [0.717, 1.165) is 41.6 Å². The topological polar surface area (TPSA) is 139 Å². The van der Waals surface area contributed by atoms with Crippen molar-refractivity contribution in [1.82, 2.24) is 10.2 Å². The van der Waals surface area contributed by atoms with Crippen LogP contribution in [0.2, 0.25) is 0 Å². The van der Waals surface area contributed by atoms with Crippen molar-refractivity contribution in [3.8, 4) is 5.75 Å². The number of sulfonamides is 1. The van der Waals surface area contributed by atoms with Crippen molar-refractivity contribution in [2.75, 3.05) is 18.0 Å². The normalized spacial score (nSPS) is 14.1. The minimum Gasteiger partial charge on any atom is -0.497 e. The molecule has 1 aliphatic rings. The Bertz CT molecular complexity index is 1560. The first-order chi connectivity index (χ1) is 20.5. The van der Waals surface area contributed by atoms with Gasteiger partial charge in [-0.25, -0.2) is 8.42 Å². The van der Waals surface area contributed by atoms with Crippen LogP contribution in [0.25, 0.3) is 0 Å². The zero-order valence-electron chi connectivity index (χ0n) is 24.4. The Morgan fingerprint density at radius 2 is 1.70 bits per heavy atom. The van der Waals surface area contributed by atoms with E-state index in [9.17, 15) is 28.1 Å². The predicted molar refractivity (Wildman–Crippen MR) is 162 cm³/mol. The van der Waals surface area contributed by atoms with Crippen LogP contribution < -0.4 is 14.4 Å². The number of nitro benzene ring substituents is 1. The molecule has 3 aromatic rings. The first-order valence-electron chi connectivity index (χ1n) is 14.1. The number of methoxy groups -OCH3 is 1. The van der Waals surface area contributed by atoms with Gasteiger partial charge in [0.05, 0.1) is 22.6 Å². The van der Waals surface area contributed by atoms with Crippen molar-refractivity contribution in [1.29, 1.82) is 0 Å². The van der Waals surface area contributed by atoms with Gasteiger partial charge in [-0.05, 0) is 62.6 Å². The third kappa shape index (κ3) is 7.50. The molecule has 1 saturated carbocycles. The summed E-state index contributed by atoms with van der Waals surface area (Å²) in [5, 5.41) is 14.6. The van der Waals surface area contributed by atoms with Crippen LogP contribution in [0.1, 0.15) is 43.7 Å². The summed E-state index contributed by atoms with van der Waals surface area (Å²) in [6, 6.07) is 18.0. The number of anilines is 1. The summed E-state index contributed by atoms with van der Waals surface area (Å²) < 4.78 is 34.2. The van der Waals surface area contributed by atoms with Crippen molar-refractivity contribution < 1.29 is 27.7 Å². The number of rotatable bonds is 12. The molecule has 12 heteroatoms. The van der Waals surface area contributed by atoms with E-state index >= 15 is 0 Å². The van der Waals surface area contributed by atoms with E-state index in [1.54, 1.807) is 19.1 Å². The average molecular weight is 609 g/mol. The van der Waals surface area contributed by atoms with Gasteiger partial charge in [0.2, 0.25) is 11.8 Å². The van der Waals surface area contributed by atoms with Crippen LogP contribution in [-0.2, 0) is 26.2 Å². The van der Waals surface area contributed by atoms with Crippen molar-refractivity contribution in [3.05, 3.63) is 94.0 Å². The maximum Gasteiger partial charge on any atom is 0.273 e. The zero-order chi connectivity index (χ0) is 31.1. The van der Waals surface area contributed by atoms with Crippen molar-refractivity contribution in [3.63, 3.8) is 0 Å². The zero-order valence-corrected chi connectivity index (χ0v) is 25.2. The first-order valence-corrected chi connectivity index (χ1v) is 15.5. The Kier molecular flexibility index (Phi) is 10.0. The van der Waals surface area contributed by atoms with E-state index < -0.39 is 33.4 Å². The molecular formula is C31H36N4O7S. The molecule has 4 rings (SSSR count). The van der Waals surface area contributed by atoms with Gasteiger partial charge >= 0.3 is 0 Å². The highest BCUT2D eigenvalue weighted by molar-refractivity contribution is 7.92. The summed E-state index contributed by atoms with van der Waals surface area (Å²) in [6.45, 7) is 2.56. The van der Waals surface area contributed by atoms with Crippen molar-refractivity contribution >= 4 is 33.2 Å². The number of benzene rings is 3. The third-order valence-corrected chi connectivity index (χ3v) is 9.44. The highest BCUT2D eigenvalue weighted by Crippen LogP contribution is 2.29. The molecule has 1 fully saturated rings. The van der Waals surface area contributed by atoms with Crippen LogP contribution in [0.5, 0.6) is 5.75 Å². The maximum absolute atomic E-state index is 14.1. The molecule has 11 nitrogen and oxygen atoms in total. The Hall–Kier alpha value is -4.45. The predicted octanol–water partition coefficient (Wildman–Crippen LogP) is 4.58. The van der Waals surface area contributed by atoms with E-state index in [0.29, 0.717) is 11.3 Å². The number of hydrogen-bond donors (Lipinski definition) is 1. The smallest absolute Gasteiger partial charge is 0.273 e. The molecule has 0 bridgehead atoms. The SMILES string of the molecule is COc1ccc(N(CC(=O)N(Cc2ccccc2)[C@H](C)C(=O)NC2CCCC2)S(=O)(=O)c2ccc(C)c([N+](=O)[O-])c2)cc1. The van der Waals surface area contributed by atoms with E-state index in [2.05, 4.69) is 5.32 Å². The van der Waals surface area contributed by atoms with Crippen LogP contribution in [0.3, 0.4) is 0 Å². The Morgan fingerprint density at radius 1 is 1.05 bits per heavy atom. The van der Waals surface area contributed by atoms with Gasteiger partial charge in [-0.1, -0.05) is 49.2 Å². The molecule has 0 aromatic heterocycles.